The number of hydrogen-bond acceptors (Lipinski definition) is 5. The maximum atomic E-state index is 12.3. The monoisotopic (exact) mass is 483 g/mol. The predicted octanol–water partition coefficient (Wildman–Crippen LogP) is 4.59. The molecule has 7 nitrogen and oxygen atoms in total. The van der Waals surface area contributed by atoms with Crippen LogP contribution in [0.4, 0.5) is 0 Å². The van der Waals surface area contributed by atoms with Gasteiger partial charge in [-0.1, -0.05) is 60.7 Å². The quantitative estimate of drug-likeness (QED) is 0.126. The van der Waals surface area contributed by atoms with Crippen molar-refractivity contribution in [1.82, 2.24) is 15.4 Å². The Bertz CT molecular complexity index is 1310. The van der Waals surface area contributed by atoms with E-state index in [9.17, 15) is 9.59 Å². The van der Waals surface area contributed by atoms with Crippen molar-refractivity contribution in [2.45, 2.75) is 13.0 Å². The number of nitrogens with zero attached hydrogens (tertiary/aromatic N) is 1. The highest BCUT2D eigenvalue weighted by molar-refractivity contribution is 5.90. The highest BCUT2D eigenvalue weighted by atomic mass is 16.5. The lowest BCUT2D eigenvalue weighted by Gasteiger charge is -2.22. The van der Waals surface area contributed by atoms with E-state index in [1.165, 1.54) is 17.0 Å². The zero-order valence-corrected chi connectivity index (χ0v) is 19.9. The molecule has 1 amide bonds. The van der Waals surface area contributed by atoms with E-state index < -0.39 is 5.91 Å². The van der Waals surface area contributed by atoms with E-state index in [1.807, 2.05) is 54.6 Å². The summed E-state index contributed by atoms with van der Waals surface area (Å²) in [5, 5.41) is 9.83. The van der Waals surface area contributed by atoms with Crippen LogP contribution in [0.5, 0.6) is 0 Å². The highest BCUT2D eigenvalue weighted by Gasteiger charge is 2.12. The van der Waals surface area contributed by atoms with Crippen molar-refractivity contribution in [3.63, 3.8) is 0 Å². The average Bonchev–Trinajstić information content (AvgIpc) is 3.34. The van der Waals surface area contributed by atoms with Gasteiger partial charge in [-0.25, -0.2) is 10.3 Å². The van der Waals surface area contributed by atoms with Gasteiger partial charge >= 0.3 is 5.97 Å². The summed E-state index contributed by atoms with van der Waals surface area (Å²) >= 11 is 0. The average molecular weight is 484 g/mol. The first-order valence-electron chi connectivity index (χ1n) is 11.8. The number of carbonyl (C=O) groups is 2. The number of H-pyrrole nitrogens is 1. The molecule has 0 aliphatic carbocycles. The summed E-state index contributed by atoms with van der Waals surface area (Å²) in [5.41, 5.74) is 6.44. The number of nitrogens with one attached hydrogen (secondary N) is 2. The fourth-order valence-electron chi connectivity index (χ4n) is 4.01. The minimum atomic E-state index is -0.576. The Morgan fingerprint density at radius 1 is 0.944 bits per heavy atom. The second-order valence-electron chi connectivity index (χ2n) is 8.44. The largest absolute Gasteiger partial charge is 0.461 e. The van der Waals surface area contributed by atoms with Crippen LogP contribution in [0.1, 0.15) is 27.0 Å². The van der Waals surface area contributed by atoms with E-state index in [0.29, 0.717) is 25.3 Å². The molecule has 1 aromatic heterocycles. The molecule has 0 unspecified atom stereocenters. The molecule has 0 saturated heterocycles. The van der Waals surface area contributed by atoms with Crippen molar-refractivity contribution in [3.05, 3.63) is 113 Å². The van der Waals surface area contributed by atoms with Crippen LogP contribution in [-0.4, -0.2) is 46.7 Å². The molecule has 3 N–H and O–H groups in total. The molecule has 0 aliphatic rings. The number of hydrogen-bond donors (Lipinski definition) is 3. The van der Waals surface area contributed by atoms with E-state index in [0.717, 1.165) is 29.6 Å². The lowest BCUT2D eigenvalue weighted by Crippen LogP contribution is -2.30. The molecule has 3 aromatic carbocycles. The third-order valence-corrected chi connectivity index (χ3v) is 5.95. The molecule has 0 saturated carbocycles. The van der Waals surface area contributed by atoms with Gasteiger partial charge in [0, 0.05) is 42.8 Å². The van der Waals surface area contributed by atoms with Crippen LogP contribution in [0.25, 0.3) is 17.0 Å². The standard InChI is InChI=1S/C29H29N3O4/c33-28(31-35)15-14-22-10-12-23(13-11-22)21-32(18-19-36-29(34)24-6-2-1-3-7-24)17-16-25-20-30-27-9-5-4-8-26(25)27/h1-15,20,30,35H,16-19,21H2,(H,31,33). The first-order chi connectivity index (χ1) is 17.6. The molecule has 4 rings (SSSR count). The normalized spacial score (nSPS) is 11.3. The van der Waals surface area contributed by atoms with Gasteiger partial charge in [-0.15, -0.1) is 0 Å². The molecule has 0 bridgehead atoms. The predicted molar refractivity (Wildman–Crippen MR) is 139 cm³/mol. The Morgan fingerprint density at radius 2 is 1.69 bits per heavy atom. The topological polar surface area (TPSA) is 94.7 Å². The molecule has 0 spiro atoms. The van der Waals surface area contributed by atoms with E-state index in [-0.39, 0.29) is 5.97 Å². The lowest BCUT2D eigenvalue weighted by atomic mass is 10.1. The van der Waals surface area contributed by atoms with Gasteiger partial charge in [0.05, 0.1) is 5.56 Å². The Labute approximate surface area is 210 Å². The summed E-state index contributed by atoms with van der Waals surface area (Å²) in [6.45, 7) is 2.37. The summed E-state index contributed by atoms with van der Waals surface area (Å²) in [5.74, 6) is -0.900. The minimum Gasteiger partial charge on any atom is -0.461 e. The Hall–Kier alpha value is -4.20. The maximum Gasteiger partial charge on any atom is 0.338 e. The number of amides is 1. The zero-order valence-electron chi connectivity index (χ0n) is 19.9. The zero-order chi connectivity index (χ0) is 25.2. The van der Waals surface area contributed by atoms with Gasteiger partial charge in [0.15, 0.2) is 0 Å². The van der Waals surface area contributed by atoms with Crippen molar-refractivity contribution in [1.29, 1.82) is 0 Å². The second kappa shape index (κ2) is 12.5. The van der Waals surface area contributed by atoms with Crippen LogP contribution in [0, 0.1) is 0 Å². The van der Waals surface area contributed by atoms with E-state index in [2.05, 4.69) is 28.2 Å². The molecule has 0 fully saturated rings. The molecule has 184 valence electrons. The minimum absolute atomic E-state index is 0.290. The number of rotatable bonds is 11. The van der Waals surface area contributed by atoms with Gasteiger partial charge < -0.3 is 9.72 Å². The number of hydroxylamine groups is 1. The first kappa shape index (κ1) is 24.9. The van der Waals surface area contributed by atoms with Crippen LogP contribution in [0.2, 0.25) is 0 Å². The summed E-state index contributed by atoms with van der Waals surface area (Å²) in [6, 6.07) is 25.1. The molecule has 1 heterocycles. The van der Waals surface area contributed by atoms with Crippen molar-refractivity contribution < 1.29 is 19.5 Å². The van der Waals surface area contributed by atoms with Crippen LogP contribution in [0.15, 0.2) is 91.1 Å². The molecule has 0 aliphatic heterocycles. The Kier molecular flexibility index (Phi) is 8.64. The fourth-order valence-corrected chi connectivity index (χ4v) is 4.01. The number of para-hydroxylation sites is 1. The number of ether oxygens (including phenoxy) is 1. The molecular weight excluding hydrogens is 454 g/mol. The van der Waals surface area contributed by atoms with Gasteiger partial charge in [0.25, 0.3) is 5.91 Å². The van der Waals surface area contributed by atoms with Gasteiger partial charge in [-0.05, 0) is 47.4 Å². The highest BCUT2D eigenvalue weighted by Crippen LogP contribution is 2.19. The molecular formula is C29H29N3O4. The van der Waals surface area contributed by atoms with Gasteiger partial charge in [0.2, 0.25) is 0 Å². The molecule has 0 radical (unpaired) electrons. The SMILES string of the molecule is O=C(C=Cc1ccc(CN(CCOC(=O)c2ccccc2)CCc2c[nH]c3ccccc23)cc1)NO. The van der Waals surface area contributed by atoms with E-state index in [1.54, 1.807) is 23.7 Å². The third-order valence-electron chi connectivity index (χ3n) is 5.95. The number of esters is 1. The van der Waals surface area contributed by atoms with Crippen LogP contribution in [-0.2, 0) is 22.5 Å². The maximum absolute atomic E-state index is 12.3. The van der Waals surface area contributed by atoms with Crippen LogP contribution < -0.4 is 5.48 Å². The molecule has 0 atom stereocenters. The van der Waals surface area contributed by atoms with Crippen LogP contribution >= 0.6 is 0 Å². The van der Waals surface area contributed by atoms with E-state index in [4.69, 9.17) is 9.94 Å². The number of aromatic nitrogens is 1. The fraction of sp³-hybridized carbons (Fsp3) is 0.172. The molecule has 7 heteroatoms. The summed E-state index contributed by atoms with van der Waals surface area (Å²) in [7, 11) is 0. The summed E-state index contributed by atoms with van der Waals surface area (Å²) in [6.07, 6.45) is 5.81. The summed E-state index contributed by atoms with van der Waals surface area (Å²) < 4.78 is 5.53. The number of carbonyl (C=O) groups excluding carboxylic acids is 2. The number of benzene rings is 3. The van der Waals surface area contributed by atoms with Crippen LogP contribution in [0.3, 0.4) is 0 Å². The first-order valence-corrected chi connectivity index (χ1v) is 11.8. The Balaban J connectivity index is 1.40. The van der Waals surface area contributed by atoms with Crippen molar-refractivity contribution in [2.75, 3.05) is 19.7 Å². The van der Waals surface area contributed by atoms with E-state index >= 15 is 0 Å². The van der Waals surface area contributed by atoms with Gasteiger partial charge in [0.1, 0.15) is 6.61 Å². The summed E-state index contributed by atoms with van der Waals surface area (Å²) in [4.78, 5) is 29.1. The number of fused-ring (bicyclic) bond motifs is 1. The number of aromatic amines is 1. The Morgan fingerprint density at radius 3 is 2.47 bits per heavy atom. The van der Waals surface area contributed by atoms with Crippen molar-refractivity contribution >= 4 is 28.9 Å². The second-order valence-corrected chi connectivity index (χ2v) is 8.44. The molecule has 4 aromatic rings. The third kappa shape index (κ3) is 6.91. The van der Waals surface area contributed by atoms with Gasteiger partial charge in [-0.2, -0.15) is 0 Å². The van der Waals surface area contributed by atoms with Gasteiger partial charge in [-0.3, -0.25) is 14.9 Å². The molecule has 36 heavy (non-hydrogen) atoms. The lowest BCUT2D eigenvalue weighted by molar-refractivity contribution is -0.124. The van der Waals surface area contributed by atoms with Crippen molar-refractivity contribution in [2.24, 2.45) is 0 Å². The van der Waals surface area contributed by atoms with Crippen molar-refractivity contribution in [3.8, 4) is 0 Å². The smallest absolute Gasteiger partial charge is 0.338 e.